The van der Waals surface area contributed by atoms with E-state index in [1.165, 1.54) is 0 Å². The smallest absolute Gasteiger partial charge is 0.260 e. The van der Waals surface area contributed by atoms with Crippen LogP contribution < -0.4 is 15.8 Å². The molecule has 0 heterocycles. The third-order valence-corrected chi connectivity index (χ3v) is 2.97. The lowest BCUT2D eigenvalue weighted by Gasteiger charge is -2.16. The number of nitrogen functional groups attached to an aromatic ring is 1. The molecular weight excluding hydrogens is 296 g/mol. The molecule has 3 N–H and O–H groups in total. The Morgan fingerprint density at radius 3 is 2.72 bits per heavy atom. The van der Waals surface area contributed by atoms with Gasteiger partial charge in [-0.1, -0.05) is 13.8 Å². The van der Waals surface area contributed by atoms with Crippen LogP contribution in [0.2, 0.25) is 0 Å². The second-order valence-corrected chi connectivity index (χ2v) is 5.44. The van der Waals surface area contributed by atoms with Crippen molar-refractivity contribution in [3.8, 4) is 5.75 Å². The monoisotopic (exact) mass is 314 g/mol. The zero-order valence-corrected chi connectivity index (χ0v) is 12.5. The van der Waals surface area contributed by atoms with Crippen molar-refractivity contribution in [1.29, 1.82) is 0 Å². The van der Waals surface area contributed by atoms with Crippen LogP contribution in [0.4, 0.5) is 5.69 Å². The number of nitrogens with one attached hydrogen (secondary N) is 1. The molecule has 1 aromatic carbocycles. The first kappa shape index (κ1) is 14.8. The van der Waals surface area contributed by atoms with E-state index < -0.39 is 6.10 Å². The number of hydrogen-bond acceptors (Lipinski definition) is 3. The summed E-state index contributed by atoms with van der Waals surface area (Å²) in [5.41, 5.74) is 6.28. The van der Waals surface area contributed by atoms with E-state index in [0.29, 0.717) is 23.9 Å². The lowest BCUT2D eigenvalue weighted by atomic mass is 10.2. The molecule has 0 radical (unpaired) electrons. The number of carbonyl (C=O) groups is 1. The molecule has 0 bridgehead atoms. The zero-order chi connectivity index (χ0) is 13.7. The van der Waals surface area contributed by atoms with E-state index in [-0.39, 0.29) is 5.91 Å². The van der Waals surface area contributed by atoms with E-state index in [1.54, 1.807) is 25.1 Å². The van der Waals surface area contributed by atoms with E-state index in [4.69, 9.17) is 10.5 Å². The summed E-state index contributed by atoms with van der Waals surface area (Å²) in [6.45, 7) is 6.44. The second kappa shape index (κ2) is 6.64. The van der Waals surface area contributed by atoms with Crippen LogP contribution in [0.5, 0.6) is 5.75 Å². The van der Waals surface area contributed by atoms with Crippen LogP contribution in [-0.4, -0.2) is 18.6 Å². The molecule has 5 heteroatoms. The van der Waals surface area contributed by atoms with Gasteiger partial charge in [-0.3, -0.25) is 4.79 Å². The van der Waals surface area contributed by atoms with Crippen molar-refractivity contribution in [3.05, 3.63) is 22.7 Å². The number of carbonyl (C=O) groups excluding carboxylic acids is 1. The first-order valence-electron chi connectivity index (χ1n) is 5.89. The minimum atomic E-state index is -0.554. The minimum absolute atomic E-state index is 0.127. The van der Waals surface area contributed by atoms with Gasteiger partial charge in [0.1, 0.15) is 5.75 Å². The number of benzene rings is 1. The van der Waals surface area contributed by atoms with Gasteiger partial charge in [-0.2, -0.15) is 0 Å². The van der Waals surface area contributed by atoms with E-state index >= 15 is 0 Å². The molecule has 0 spiro atoms. The third-order valence-electron chi connectivity index (χ3n) is 2.31. The molecular formula is C13H19BrN2O2. The van der Waals surface area contributed by atoms with Crippen LogP contribution in [0.1, 0.15) is 20.8 Å². The predicted molar refractivity (Wildman–Crippen MR) is 76.5 cm³/mol. The number of rotatable bonds is 5. The molecule has 1 rings (SSSR count). The maximum absolute atomic E-state index is 11.8. The molecule has 1 atom stereocenters. The van der Waals surface area contributed by atoms with Gasteiger partial charge in [0.05, 0.1) is 4.47 Å². The average Bonchev–Trinajstić information content (AvgIpc) is 2.30. The second-order valence-electron chi connectivity index (χ2n) is 4.59. The summed E-state index contributed by atoms with van der Waals surface area (Å²) in [6.07, 6.45) is -0.554. The molecule has 18 heavy (non-hydrogen) atoms. The highest BCUT2D eigenvalue weighted by Gasteiger charge is 2.16. The van der Waals surface area contributed by atoms with E-state index in [2.05, 4.69) is 21.2 Å². The van der Waals surface area contributed by atoms with Crippen molar-refractivity contribution in [3.63, 3.8) is 0 Å². The standard InChI is InChI=1S/C13H19BrN2O2/c1-8(2)7-16-13(17)9(3)18-12-6-10(15)4-5-11(12)14/h4-6,8-9H,7,15H2,1-3H3,(H,16,17). The Balaban J connectivity index is 2.60. The summed E-state index contributed by atoms with van der Waals surface area (Å²) in [4.78, 5) is 11.8. The van der Waals surface area contributed by atoms with E-state index in [9.17, 15) is 4.79 Å². The Labute approximate surface area is 116 Å². The number of amides is 1. The van der Waals surface area contributed by atoms with Gasteiger partial charge >= 0.3 is 0 Å². The highest BCUT2D eigenvalue weighted by atomic mass is 79.9. The Morgan fingerprint density at radius 1 is 1.44 bits per heavy atom. The Morgan fingerprint density at radius 2 is 2.11 bits per heavy atom. The van der Waals surface area contributed by atoms with Crippen molar-refractivity contribution in [2.45, 2.75) is 26.9 Å². The molecule has 1 aromatic rings. The maximum Gasteiger partial charge on any atom is 0.260 e. The number of nitrogens with two attached hydrogens (primary N) is 1. The van der Waals surface area contributed by atoms with Gasteiger partial charge in [0, 0.05) is 18.3 Å². The van der Waals surface area contributed by atoms with Crippen LogP contribution in [0.25, 0.3) is 0 Å². The maximum atomic E-state index is 11.8. The van der Waals surface area contributed by atoms with Crippen molar-refractivity contribution in [2.75, 3.05) is 12.3 Å². The fraction of sp³-hybridized carbons (Fsp3) is 0.462. The van der Waals surface area contributed by atoms with Crippen molar-refractivity contribution in [1.82, 2.24) is 5.32 Å². The fourth-order valence-corrected chi connectivity index (χ4v) is 1.64. The molecule has 4 nitrogen and oxygen atoms in total. The number of ether oxygens (including phenoxy) is 1. The van der Waals surface area contributed by atoms with Gasteiger partial charge < -0.3 is 15.8 Å². The minimum Gasteiger partial charge on any atom is -0.480 e. The largest absolute Gasteiger partial charge is 0.480 e. The average molecular weight is 315 g/mol. The summed E-state index contributed by atoms with van der Waals surface area (Å²) < 4.78 is 6.36. The SMILES string of the molecule is CC(C)CNC(=O)C(C)Oc1cc(N)ccc1Br. The van der Waals surface area contributed by atoms with Crippen LogP contribution in [-0.2, 0) is 4.79 Å². The molecule has 0 saturated heterocycles. The summed E-state index contributed by atoms with van der Waals surface area (Å²) in [5.74, 6) is 0.862. The Hall–Kier alpha value is -1.23. The first-order valence-corrected chi connectivity index (χ1v) is 6.69. The Kier molecular flexibility index (Phi) is 5.47. The topological polar surface area (TPSA) is 64.3 Å². The van der Waals surface area contributed by atoms with Gasteiger partial charge in [0.25, 0.3) is 5.91 Å². The van der Waals surface area contributed by atoms with Gasteiger partial charge in [0.2, 0.25) is 0 Å². The highest BCUT2D eigenvalue weighted by Crippen LogP contribution is 2.27. The van der Waals surface area contributed by atoms with E-state index in [1.807, 2.05) is 13.8 Å². The number of halogens is 1. The van der Waals surface area contributed by atoms with Crippen LogP contribution in [0, 0.1) is 5.92 Å². The first-order chi connectivity index (χ1) is 8.40. The summed E-state index contributed by atoms with van der Waals surface area (Å²) >= 11 is 3.36. The number of hydrogen-bond donors (Lipinski definition) is 2. The quantitative estimate of drug-likeness (QED) is 0.821. The van der Waals surface area contributed by atoms with Crippen molar-refractivity contribution >= 4 is 27.5 Å². The summed E-state index contributed by atoms with van der Waals surface area (Å²) in [5, 5.41) is 2.83. The van der Waals surface area contributed by atoms with Gasteiger partial charge in [-0.05, 0) is 40.9 Å². The highest BCUT2D eigenvalue weighted by molar-refractivity contribution is 9.10. The Bertz CT molecular complexity index is 421. The summed E-state index contributed by atoms with van der Waals surface area (Å²) in [6, 6.07) is 5.25. The van der Waals surface area contributed by atoms with Gasteiger partial charge in [0.15, 0.2) is 6.10 Å². The molecule has 0 aliphatic heterocycles. The molecule has 0 fully saturated rings. The van der Waals surface area contributed by atoms with Crippen molar-refractivity contribution < 1.29 is 9.53 Å². The fourth-order valence-electron chi connectivity index (χ4n) is 1.30. The van der Waals surface area contributed by atoms with Crippen LogP contribution in [0.15, 0.2) is 22.7 Å². The summed E-state index contributed by atoms with van der Waals surface area (Å²) in [7, 11) is 0. The molecule has 0 aliphatic carbocycles. The molecule has 0 aliphatic rings. The van der Waals surface area contributed by atoms with Crippen LogP contribution in [0.3, 0.4) is 0 Å². The molecule has 1 amide bonds. The molecule has 1 unspecified atom stereocenters. The van der Waals surface area contributed by atoms with E-state index in [0.717, 1.165) is 4.47 Å². The zero-order valence-electron chi connectivity index (χ0n) is 10.9. The van der Waals surface area contributed by atoms with Crippen LogP contribution >= 0.6 is 15.9 Å². The normalized spacial score (nSPS) is 12.3. The van der Waals surface area contributed by atoms with Gasteiger partial charge in [-0.15, -0.1) is 0 Å². The molecule has 100 valence electrons. The lowest BCUT2D eigenvalue weighted by molar-refractivity contribution is -0.127. The van der Waals surface area contributed by atoms with Gasteiger partial charge in [-0.25, -0.2) is 0 Å². The molecule has 0 saturated carbocycles. The lowest BCUT2D eigenvalue weighted by Crippen LogP contribution is -2.38. The molecule has 0 aromatic heterocycles. The van der Waals surface area contributed by atoms with Crippen molar-refractivity contribution in [2.24, 2.45) is 5.92 Å². The predicted octanol–water partition coefficient (Wildman–Crippen LogP) is 2.57. The number of anilines is 1. The third kappa shape index (κ3) is 4.56.